The van der Waals surface area contributed by atoms with Crippen LogP contribution < -0.4 is 0 Å². The molecular weight excluding hydrogens is 296 g/mol. The van der Waals surface area contributed by atoms with E-state index in [4.69, 9.17) is 4.74 Å². The van der Waals surface area contributed by atoms with Gasteiger partial charge in [0.2, 0.25) is 0 Å². The molecule has 22 heavy (non-hydrogen) atoms. The maximum Gasteiger partial charge on any atom is 0.115 e. The molecule has 5 nitrogen and oxygen atoms in total. The zero-order valence-corrected chi connectivity index (χ0v) is 13.5. The first-order valence-corrected chi connectivity index (χ1v) is 8.70. The highest BCUT2D eigenvalue weighted by Gasteiger charge is 2.40. The number of hydrogen-bond donors (Lipinski definition) is 0. The van der Waals surface area contributed by atoms with E-state index in [9.17, 15) is 0 Å². The van der Waals surface area contributed by atoms with Gasteiger partial charge in [0, 0.05) is 23.8 Å². The van der Waals surface area contributed by atoms with Crippen molar-refractivity contribution in [1.82, 2.24) is 19.9 Å². The largest absolute Gasteiger partial charge is 0.367 e. The van der Waals surface area contributed by atoms with Crippen LogP contribution in [0.15, 0.2) is 24.0 Å². The number of piperidine rings is 1. The molecule has 2 aliphatic heterocycles. The molecule has 6 heteroatoms. The lowest BCUT2D eigenvalue weighted by Gasteiger charge is -2.33. The van der Waals surface area contributed by atoms with E-state index in [0.29, 0.717) is 12.0 Å². The fourth-order valence-corrected chi connectivity index (χ4v) is 4.30. The highest BCUT2D eigenvalue weighted by molar-refractivity contribution is 7.09. The molecule has 2 aliphatic rings. The summed E-state index contributed by atoms with van der Waals surface area (Å²) >= 11 is 1.76. The third kappa shape index (κ3) is 2.91. The number of nitrogens with zero attached hydrogens (tertiary/aromatic N) is 4. The summed E-state index contributed by atoms with van der Waals surface area (Å²) in [5, 5.41) is 3.33. The van der Waals surface area contributed by atoms with E-state index in [2.05, 4.69) is 32.2 Å². The summed E-state index contributed by atoms with van der Waals surface area (Å²) < 4.78 is 6.28. The molecule has 0 bridgehead atoms. The number of thiazole rings is 1. The van der Waals surface area contributed by atoms with E-state index in [1.165, 1.54) is 11.4 Å². The molecule has 2 saturated heterocycles. The topological polar surface area (TPSA) is 51.1 Å². The number of aromatic nitrogens is 3. The van der Waals surface area contributed by atoms with Gasteiger partial charge in [-0.1, -0.05) is 0 Å². The predicted octanol–water partition coefficient (Wildman–Crippen LogP) is 2.59. The Balaban J connectivity index is 1.39. The maximum atomic E-state index is 6.28. The van der Waals surface area contributed by atoms with Gasteiger partial charge in [0.05, 0.1) is 18.3 Å². The van der Waals surface area contributed by atoms with Gasteiger partial charge in [-0.2, -0.15) is 0 Å². The summed E-state index contributed by atoms with van der Waals surface area (Å²) in [6.45, 7) is 5.15. The first-order valence-electron chi connectivity index (χ1n) is 7.82. The SMILES string of the molecule is Cc1csc(CN2CC[C@@H]3C[C@H](c4ccncn4)O[C@H]3C2)n1. The van der Waals surface area contributed by atoms with Crippen LogP contribution in [0.4, 0.5) is 0 Å². The first kappa shape index (κ1) is 14.2. The Morgan fingerprint density at radius 3 is 3.18 bits per heavy atom. The number of ether oxygens (including phenoxy) is 1. The molecule has 0 unspecified atom stereocenters. The lowest BCUT2D eigenvalue weighted by Crippen LogP contribution is -2.41. The van der Waals surface area contributed by atoms with Gasteiger partial charge in [-0.25, -0.2) is 15.0 Å². The second-order valence-corrected chi connectivity index (χ2v) is 7.14. The molecule has 2 fully saturated rings. The van der Waals surface area contributed by atoms with Gasteiger partial charge in [0.25, 0.3) is 0 Å². The van der Waals surface area contributed by atoms with Crippen molar-refractivity contribution in [3.05, 3.63) is 40.4 Å². The molecule has 4 rings (SSSR count). The smallest absolute Gasteiger partial charge is 0.115 e. The van der Waals surface area contributed by atoms with Crippen LogP contribution in [0.2, 0.25) is 0 Å². The van der Waals surface area contributed by atoms with Crippen LogP contribution in [0.1, 0.15) is 35.3 Å². The van der Waals surface area contributed by atoms with Crippen molar-refractivity contribution in [1.29, 1.82) is 0 Å². The van der Waals surface area contributed by atoms with Gasteiger partial charge in [0.15, 0.2) is 0 Å². The van der Waals surface area contributed by atoms with Crippen LogP contribution >= 0.6 is 11.3 Å². The lowest BCUT2D eigenvalue weighted by atomic mass is 9.91. The predicted molar refractivity (Wildman–Crippen MR) is 84.5 cm³/mol. The van der Waals surface area contributed by atoms with E-state index >= 15 is 0 Å². The molecule has 0 radical (unpaired) electrons. The van der Waals surface area contributed by atoms with E-state index < -0.39 is 0 Å². The zero-order chi connectivity index (χ0) is 14.9. The quantitative estimate of drug-likeness (QED) is 0.871. The molecule has 0 amide bonds. The second-order valence-electron chi connectivity index (χ2n) is 6.20. The van der Waals surface area contributed by atoms with Gasteiger partial charge in [0.1, 0.15) is 17.4 Å². The molecular formula is C16H20N4OS. The Kier molecular flexibility index (Phi) is 3.90. The van der Waals surface area contributed by atoms with Crippen LogP contribution in [0.25, 0.3) is 0 Å². The molecule has 116 valence electrons. The monoisotopic (exact) mass is 316 g/mol. The summed E-state index contributed by atoms with van der Waals surface area (Å²) in [6.07, 6.45) is 6.17. The molecule has 2 aromatic rings. The molecule has 4 heterocycles. The number of fused-ring (bicyclic) bond motifs is 1. The van der Waals surface area contributed by atoms with E-state index in [-0.39, 0.29) is 6.10 Å². The second kappa shape index (κ2) is 6.02. The first-order chi connectivity index (χ1) is 10.8. The summed E-state index contributed by atoms with van der Waals surface area (Å²) in [4.78, 5) is 15.4. The minimum absolute atomic E-state index is 0.139. The average Bonchev–Trinajstić information content (AvgIpc) is 3.14. The van der Waals surface area contributed by atoms with E-state index in [0.717, 1.165) is 37.4 Å². The van der Waals surface area contributed by atoms with Gasteiger partial charge in [-0.05, 0) is 38.3 Å². The van der Waals surface area contributed by atoms with Crippen LogP contribution in [0.5, 0.6) is 0 Å². The molecule has 0 aromatic carbocycles. The Labute approximate surface area is 134 Å². The van der Waals surface area contributed by atoms with E-state index in [1.54, 1.807) is 23.9 Å². The fourth-order valence-electron chi connectivity index (χ4n) is 3.49. The molecule has 0 saturated carbocycles. The van der Waals surface area contributed by atoms with E-state index in [1.807, 2.05) is 6.07 Å². The fraction of sp³-hybridized carbons (Fsp3) is 0.562. The van der Waals surface area contributed by atoms with Crippen LogP contribution in [-0.4, -0.2) is 39.0 Å². The third-order valence-corrected chi connectivity index (χ3v) is 5.55. The lowest BCUT2D eigenvalue weighted by molar-refractivity contribution is -0.0106. The normalized spacial score (nSPS) is 28.7. The molecule has 2 aromatic heterocycles. The Hall–Kier alpha value is -1.37. The van der Waals surface area contributed by atoms with Crippen molar-refractivity contribution in [2.45, 2.75) is 38.5 Å². The number of hydrogen-bond acceptors (Lipinski definition) is 6. The Morgan fingerprint density at radius 1 is 1.45 bits per heavy atom. The number of rotatable bonds is 3. The number of likely N-dealkylation sites (tertiary alicyclic amines) is 1. The van der Waals surface area contributed by atoms with Crippen molar-refractivity contribution in [3.63, 3.8) is 0 Å². The van der Waals surface area contributed by atoms with Crippen molar-refractivity contribution in [3.8, 4) is 0 Å². The third-order valence-electron chi connectivity index (χ3n) is 4.60. The molecule has 0 N–H and O–H groups in total. The zero-order valence-electron chi connectivity index (χ0n) is 12.7. The summed E-state index contributed by atoms with van der Waals surface area (Å²) in [5.41, 5.74) is 2.14. The van der Waals surface area contributed by atoms with Crippen LogP contribution in [-0.2, 0) is 11.3 Å². The summed E-state index contributed by atoms with van der Waals surface area (Å²) in [7, 11) is 0. The van der Waals surface area contributed by atoms with Crippen LogP contribution in [0.3, 0.4) is 0 Å². The van der Waals surface area contributed by atoms with Gasteiger partial charge >= 0.3 is 0 Å². The standard InChI is InChI=1S/C16H20N4OS/c1-11-9-22-16(19-11)8-20-5-3-12-6-14(21-15(12)7-20)13-2-4-17-10-18-13/h2,4,9-10,12,14-15H,3,5-8H2,1H3/t12-,14-,15+/m1/s1. The van der Waals surface area contributed by atoms with Crippen molar-refractivity contribution >= 4 is 11.3 Å². The average molecular weight is 316 g/mol. The Morgan fingerprint density at radius 2 is 2.41 bits per heavy atom. The van der Waals surface area contributed by atoms with Gasteiger partial charge < -0.3 is 4.74 Å². The number of aryl methyl sites for hydroxylation is 1. The highest BCUT2D eigenvalue weighted by atomic mass is 32.1. The van der Waals surface area contributed by atoms with Crippen LogP contribution in [0, 0.1) is 12.8 Å². The Bertz CT molecular complexity index is 632. The van der Waals surface area contributed by atoms with Crippen molar-refractivity contribution in [2.75, 3.05) is 13.1 Å². The highest BCUT2D eigenvalue weighted by Crippen LogP contribution is 2.40. The molecule has 0 spiro atoms. The maximum absolute atomic E-state index is 6.28. The van der Waals surface area contributed by atoms with Gasteiger partial charge in [-0.15, -0.1) is 11.3 Å². The summed E-state index contributed by atoms with van der Waals surface area (Å²) in [6, 6.07) is 1.97. The minimum atomic E-state index is 0.139. The minimum Gasteiger partial charge on any atom is -0.367 e. The van der Waals surface area contributed by atoms with Crippen molar-refractivity contribution < 1.29 is 4.74 Å². The molecule has 0 aliphatic carbocycles. The molecule has 3 atom stereocenters. The van der Waals surface area contributed by atoms with Gasteiger partial charge in [-0.3, -0.25) is 4.90 Å². The summed E-state index contributed by atoms with van der Waals surface area (Å²) in [5.74, 6) is 0.661. The van der Waals surface area contributed by atoms with Crippen molar-refractivity contribution in [2.24, 2.45) is 5.92 Å².